The second-order valence-electron chi connectivity index (χ2n) is 5.84. The molecule has 1 unspecified atom stereocenters. The Kier molecular flexibility index (Phi) is 5.05. The van der Waals surface area contributed by atoms with Crippen molar-refractivity contribution in [2.24, 2.45) is 13.0 Å². The van der Waals surface area contributed by atoms with Gasteiger partial charge in [-0.05, 0) is 25.7 Å². The third-order valence-corrected chi connectivity index (χ3v) is 6.26. The Bertz CT molecular complexity index is 634. The first kappa shape index (κ1) is 16.7. The van der Waals surface area contributed by atoms with Crippen LogP contribution in [0, 0.1) is 5.92 Å². The van der Waals surface area contributed by atoms with Crippen molar-refractivity contribution in [3.05, 3.63) is 0 Å². The largest absolute Gasteiger partial charge is 0.368 e. The average Bonchev–Trinajstić information content (AvgIpc) is 2.85. The van der Waals surface area contributed by atoms with Crippen LogP contribution >= 0.6 is 0 Å². The van der Waals surface area contributed by atoms with Crippen LogP contribution in [0.1, 0.15) is 39.0 Å². The molecule has 1 amide bonds. The van der Waals surface area contributed by atoms with Crippen molar-refractivity contribution >= 4 is 21.7 Å². The van der Waals surface area contributed by atoms with Gasteiger partial charge in [0.25, 0.3) is 5.16 Å². The highest BCUT2D eigenvalue weighted by Crippen LogP contribution is 2.23. The molecule has 1 saturated carbocycles. The first-order chi connectivity index (χ1) is 10.3. The summed E-state index contributed by atoms with van der Waals surface area (Å²) in [6.07, 6.45) is 5.75. The molecule has 1 aromatic rings. The van der Waals surface area contributed by atoms with E-state index in [1.165, 1.54) is 37.8 Å². The highest BCUT2D eigenvalue weighted by molar-refractivity contribution is 7.92. The molecule has 1 aliphatic rings. The Balaban J connectivity index is 2.01. The van der Waals surface area contributed by atoms with Gasteiger partial charge in [-0.15, -0.1) is 10.2 Å². The SMILES string of the molecule is CC(C(=O)NCC1CCCCC1)S(=O)(=O)c1nnc(N)n1C. The predicted molar refractivity (Wildman–Crippen MR) is 81.6 cm³/mol. The summed E-state index contributed by atoms with van der Waals surface area (Å²) in [7, 11) is -2.45. The van der Waals surface area contributed by atoms with Crippen molar-refractivity contribution < 1.29 is 13.2 Å². The van der Waals surface area contributed by atoms with E-state index in [1.807, 2.05) is 0 Å². The van der Waals surface area contributed by atoms with Gasteiger partial charge in [0.2, 0.25) is 21.7 Å². The zero-order valence-corrected chi connectivity index (χ0v) is 13.8. The minimum absolute atomic E-state index is 0.00612. The maximum atomic E-state index is 12.4. The molecule has 0 aromatic carbocycles. The molecule has 0 bridgehead atoms. The summed E-state index contributed by atoms with van der Waals surface area (Å²) in [5.41, 5.74) is 5.49. The maximum Gasteiger partial charge on any atom is 0.251 e. The number of aromatic nitrogens is 3. The van der Waals surface area contributed by atoms with E-state index in [-0.39, 0.29) is 11.1 Å². The molecule has 9 heteroatoms. The van der Waals surface area contributed by atoms with Crippen molar-refractivity contribution in [1.82, 2.24) is 20.1 Å². The van der Waals surface area contributed by atoms with Gasteiger partial charge >= 0.3 is 0 Å². The fourth-order valence-electron chi connectivity index (χ4n) is 2.65. The summed E-state index contributed by atoms with van der Waals surface area (Å²) in [5.74, 6) is -0.0707. The molecule has 0 spiro atoms. The third-order valence-electron chi connectivity index (χ3n) is 4.25. The molecule has 3 N–H and O–H groups in total. The molecule has 1 aliphatic carbocycles. The number of anilines is 1. The van der Waals surface area contributed by atoms with Crippen molar-refractivity contribution in [3.8, 4) is 0 Å². The Morgan fingerprint density at radius 1 is 1.36 bits per heavy atom. The lowest BCUT2D eigenvalue weighted by Crippen LogP contribution is -2.41. The first-order valence-electron chi connectivity index (χ1n) is 7.50. The Hall–Kier alpha value is -1.64. The number of nitrogens with two attached hydrogens (primary N) is 1. The number of rotatable bonds is 5. The standard InChI is InChI=1S/C13H23N5O3S/c1-9(11(19)15-8-10-6-4-3-5-7-10)22(20,21)13-17-16-12(14)18(13)2/h9-10H,3-8H2,1-2H3,(H2,14,16)(H,15,19). The molecule has 22 heavy (non-hydrogen) atoms. The maximum absolute atomic E-state index is 12.4. The molecule has 1 fully saturated rings. The van der Waals surface area contributed by atoms with Gasteiger partial charge < -0.3 is 11.1 Å². The second kappa shape index (κ2) is 6.64. The minimum atomic E-state index is -3.90. The van der Waals surface area contributed by atoms with Gasteiger partial charge in [0, 0.05) is 13.6 Å². The summed E-state index contributed by atoms with van der Waals surface area (Å²) in [6.45, 7) is 1.88. The van der Waals surface area contributed by atoms with Crippen molar-refractivity contribution in [2.45, 2.75) is 49.4 Å². The molecule has 8 nitrogen and oxygen atoms in total. The zero-order valence-electron chi connectivity index (χ0n) is 12.9. The van der Waals surface area contributed by atoms with E-state index in [1.54, 1.807) is 0 Å². The van der Waals surface area contributed by atoms with Crippen LogP contribution in [-0.4, -0.2) is 40.9 Å². The lowest BCUT2D eigenvalue weighted by molar-refractivity contribution is -0.120. The number of amides is 1. The van der Waals surface area contributed by atoms with E-state index >= 15 is 0 Å². The van der Waals surface area contributed by atoms with E-state index < -0.39 is 21.0 Å². The number of hydrogen-bond donors (Lipinski definition) is 2. The molecule has 1 aromatic heterocycles. The van der Waals surface area contributed by atoms with Gasteiger partial charge in [-0.2, -0.15) is 0 Å². The van der Waals surface area contributed by atoms with Gasteiger partial charge in [-0.25, -0.2) is 8.42 Å². The number of carbonyl (C=O) groups is 1. The number of hydrogen-bond acceptors (Lipinski definition) is 6. The van der Waals surface area contributed by atoms with Crippen molar-refractivity contribution in [3.63, 3.8) is 0 Å². The molecule has 2 rings (SSSR count). The van der Waals surface area contributed by atoms with Gasteiger partial charge in [0.05, 0.1) is 0 Å². The monoisotopic (exact) mass is 329 g/mol. The van der Waals surface area contributed by atoms with E-state index in [0.29, 0.717) is 12.5 Å². The fraction of sp³-hybridized carbons (Fsp3) is 0.769. The first-order valence-corrected chi connectivity index (χ1v) is 9.05. The van der Waals surface area contributed by atoms with Gasteiger partial charge in [-0.3, -0.25) is 9.36 Å². The topological polar surface area (TPSA) is 120 Å². The number of sulfone groups is 1. The summed E-state index contributed by atoms with van der Waals surface area (Å²) in [4.78, 5) is 12.1. The van der Waals surface area contributed by atoms with Crippen LogP contribution < -0.4 is 11.1 Å². The summed E-state index contributed by atoms with van der Waals surface area (Å²) >= 11 is 0. The van der Waals surface area contributed by atoms with Crippen LogP contribution in [0.15, 0.2) is 5.16 Å². The molecule has 0 saturated heterocycles. The molecular weight excluding hydrogens is 306 g/mol. The van der Waals surface area contributed by atoms with Gasteiger partial charge in [-0.1, -0.05) is 19.3 Å². The fourth-order valence-corrected chi connectivity index (χ4v) is 3.96. The molecule has 0 aliphatic heterocycles. The molecule has 124 valence electrons. The van der Waals surface area contributed by atoms with Gasteiger partial charge in [0.15, 0.2) is 0 Å². The molecule has 1 heterocycles. The summed E-state index contributed by atoms with van der Waals surface area (Å²) < 4.78 is 26.0. The number of carbonyl (C=O) groups excluding carboxylic acids is 1. The third kappa shape index (κ3) is 3.40. The van der Waals surface area contributed by atoms with E-state index in [0.717, 1.165) is 12.8 Å². The summed E-state index contributed by atoms with van der Waals surface area (Å²) in [5, 5.41) is 8.32. The minimum Gasteiger partial charge on any atom is -0.368 e. The van der Waals surface area contributed by atoms with Crippen molar-refractivity contribution in [1.29, 1.82) is 0 Å². The van der Waals surface area contributed by atoms with Gasteiger partial charge in [0.1, 0.15) is 5.25 Å². The number of nitrogen functional groups attached to an aromatic ring is 1. The van der Waals surface area contributed by atoms with Crippen LogP contribution in [0.2, 0.25) is 0 Å². The number of nitrogens with one attached hydrogen (secondary N) is 1. The molecule has 0 radical (unpaired) electrons. The van der Waals surface area contributed by atoms with E-state index in [4.69, 9.17) is 5.73 Å². The number of nitrogens with zero attached hydrogens (tertiary/aromatic N) is 3. The van der Waals surface area contributed by atoms with Crippen LogP contribution in [-0.2, 0) is 21.7 Å². The van der Waals surface area contributed by atoms with Crippen LogP contribution in [0.25, 0.3) is 0 Å². The lowest BCUT2D eigenvalue weighted by atomic mass is 9.89. The second-order valence-corrected chi connectivity index (χ2v) is 8.00. The molecule has 1 atom stereocenters. The van der Waals surface area contributed by atoms with E-state index in [9.17, 15) is 13.2 Å². The van der Waals surface area contributed by atoms with Crippen LogP contribution in [0.3, 0.4) is 0 Å². The Morgan fingerprint density at radius 3 is 2.55 bits per heavy atom. The zero-order chi connectivity index (χ0) is 16.3. The van der Waals surface area contributed by atoms with E-state index in [2.05, 4.69) is 15.5 Å². The lowest BCUT2D eigenvalue weighted by Gasteiger charge is -2.22. The smallest absolute Gasteiger partial charge is 0.251 e. The Morgan fingerprint density at radius 2 is 2.00 bits per heavy atom. The average molecular weight is 329 g/mol. The van der Waals surface area contributed by atoms with Crippen LogP contribution in [0.5, 0.6) is 0 Å². The summed E-state index contributed by atoms with van der Waals surface area (Å²) in [6, 6.07) is 0. The quantitative estimate of drug-likeness (QED) is 0.799. The van der Waals surface area contributed by atoms with Crippen molar-refractivity contribution in [2.75, 3.05) is 12.3 Å². The predicted octanol–water partition coefficient (Wildman–Crippen LogP) is 0.256. The highest BCUT2D eigenvalue weighted by atomic mass is 32.2. The highest BCUT2D eigenvalue weighted by Gasteiger charge is 2.34. The molecular formula is C13H23N5O3S. The Labute approximate surface area is 130 Å². The normalized spacial score (nSPS) is 18.1. The van der Waals surface area contributed by atoms with Crippen LogP contribution in [0.4, 0.5) is 5.95 Å².